The normalized spacial score (nSPS) is 16.9. The van der Waals surface area contributed by atoms with E-state index in [2.05, 4.69) is 33.2 Å². The van der Waals surface area contributed by atoms with Gasteiger partial charge in [-0.1, -0.05) is 59.3 Å². The van der Waals surface area contributed by atoms with Crippen LogP contribution in [0.15, 0.2) is 65.9 Å². The van der Waals surface area contributed by atoms with Crippen LogP contribution < -0.4 is 9.64 Å². The zero-order valence-corrected chi connectivity index (χ0v) is 18.2. The third-order valence-electron chi connectivity index (χ3n) is 5.78. The molecule has 0 saturated carbocycles. The van der Waals surface area contributed by atoms with Crippen LogP contribution in [-0.4, -0.2) is 29.5 Å². The van der Waals surface area contributed by atoms with E-state index in [1.807, 2.05) is 36.4 Å². The van der Waals surface area contributed by atoms with Gasteiger partial charge in [-0.2, -0.15) is 0 Å². The smallest absolute Gasteiger partial charge is 0.185 e. The van der Waals surface area contributed by atoms with Gasteiger partial charge in [0.15, 0.2) is 11.0 Å². The van der Waals surface area contributed by atoms with Crippen LogP contribution in [0, 0.1) is 10.9 Å². The average molecular weight is 450 g/mol. The third kappa shape index (κ3) is 3.64. The number of halogens is 1. The molecule has 1 spiro atoms. The molecule has 0 bridgehead atoms. The number of benzene rings is 2. The summed E-state index contributed by atoms with van der Waals surface area (Å²) in [6.07, 6.45) is 5.48. The maximum Gasteiger partial charge on any atom is 0.185 e. The second-order valence-electron chi connectivity index (χ2n) is 7.66. The first-order chi connectivity index (χ1) is 15.1. The average Bonchev–Trinajstić information content (AvgIpc) is 3.29. The van der Waals surface area contributed by atoms with Crippen molar-refractivity contribution in [2.24, 2.45) is 5.11 Å². The van der Waals surface area contributed by atoms with Crippen molar-refractivity contribution in [1.82, 2.24) is 4.98 Å². The number of fused-ring (bicyclic) bond motifs is 1. The minimum absolute atomic E-state index is 0.0586. The fraction of sp³-hybridized carbons (Fsp3) is 0.217. The van der Waals surface area contributed by atoms with Crippen LogP contribution in [0.3, 0.4) is 0 Å². The summed E-state index contributed by atoms with van der Waals surface area (Å²) < 4.78 is 6.56. The van der Waals surface area contributed by atoms with Crippen molar-refractivity contribution in [2.75, 3.05) is 18.0 Å². The summed E-state index contributed by atoms with van der Waals surface area (Å²) in [5.41, 5.74) is 9.82. The molecule has 2 aromatic carbocycles. The van der Waals surface area contributed by atoms with Crippen LogP contribution in [0.2, 0.25) is 5.02 Å². The third-order valence-corrected chi connectivity index (χ3v) is 7.18. The highest BCUT2D eigenvalue weighted by atomic mass is 35.5. The fourth-order valence-corrected chi connectivity index (χ4v) is 5.27. The Morgan fingerprint density at radius 1 is 1.10 bits per heavy atom. The molecular weight excluding hydrogens is 430 g/mol. The van der Waals surface area contributed by atoms with Gasteiger partial charge in [-0.3, -0.25) is 5.41 Å². The molecule has 1 aromatic heterocycles. The standard InChI is InChI=1S/C23H20ClN5OS/c24-18-7-3-1-5-15(18)17-13-23(30-19-8-4-2-6-16(17)19)9-11-29(12-10-23)22-27-14-20(31-22)21(25)28-26/h1-8,13-14,25-26H,9-12H2. The van der Waals surface area contributed by atoms with Gasteiger partial charge in [0.05, 0.1) is 11.1 Å². The lowest BCUT2D eigenvalue weighted by Crippen LogP contribution is -2.48. The number of hydrogen-bond donors (Lipinski definition) is 2. The van der Waals surface area contributed by atoms with E-state index in [-0.39, 0.29) is 5.84 Å². The van der Waals surface area contributed by atoms with Gasteiger partial charge < -0.3 is 9.64 Å². The van der Waals surface area contributed by atoms with Crippen molar-refractivity contribution in [1.29, 1.82) is 10.9 Å². The molecule has 6 nitrogen and oxygen atoms in total. The minimum Gasteiger partial charge on any atom is -0.482 e. The lowest BCUT2D eigenvalue weighted by Gasteiger charge is -2.43. The van der Waals surface area contributed by atoms with Crippen LogP contribution in [0.1, 0.15) is 28.8 Å². The summed E-state index contributed by atoms with van der Waals surface area (Å²) >= 11 is 7.96. The van der Waals surface area contributed by atoms with Crippen LogP contribution in [0.5, 0.6) is 5.75 Å². The largest absolute Gasteiger partial charge is 0.482 e. The Labute approximate surface area is 189 Å². The lowest BCUT2D eigenvalue weighted by molar-refractivity contribution is 0.0886. The molecule has 1 saturated heterocycles. The maximum absolute atomic E-state index is 7.71. The highest BCUT2D eigenvalue weighted by molar-refractivity contribution is 7.17. The summed E-state index contributed by atoms with van der Waals surface area (Å²) in [6.45, 7) is 1.57. The van der Waals surface area contributed by atoms with Crippen molar-refractivity contribution in [3.05, 3.63) is 81.8 Å². The molecule has 0 aliphatic carbocycles. The summed E-state index contributed by atoms with van der Waals surface area (Å²) in [4.78, 5) is 7.26. The Kier molecular flexibility index (Phi) is 5.08. The molecular formula is C23H20ClN5OS. The topological polar surface area (TPSA) is 85.4 Å². The van der Waals surface area contributed by atoms with Gasteiger partial charge in [0, 0.05) is 42.1 Å². The summed E-state index contributed by atoms with van der Waals surface area (Å²) in [5, 5.41) is 12.5. The highest BCUT2D eigenvalue weighted by Gasteiger charge is 2.39. The number of para-hydroxylation sites is 1. The second kappa shape index (κ2) is 7.90. The highest BCUT2D eigenvalue weighted by Crippen LogP contribution is 2.45. The van der Waals surface area contributed by atoms with Gasteiger partial charge in [0.25, 0.3) is 0 Å². The first-order valence-corrected chi connectivity index (χ1v) is 11.2. The number of ether oxygens (including phenoxy) is 1. The van der Waals surface area contributed by atoms with E-state index in [0.29, 0.717) is 4.88 Å². The SMILES string of the molecule is N=NC(=N)c1cnc(N2CCC3(C=C(c4ccccc4Cl)c4ccccc4O3)CC2)s1. The van der Waals surface area contributed by atoms with Crippen LogP contribution in [0.4, 0.5) is 5.13 Å². The molecule has 5 rings (SSSR count). The van der Waals surface area contributed by atoms with Crippen molar-refractivity contribution in [3.63, 3.8) is 0 Å². The predicted molar refractivity (Wildman–Crippen MR) is 124 cm³/mol. The molecule has 1 fully saturated rings. The van der Waals surface area contributed by atoms with Crippen LogP contribution in [0.25, 0.3) is 5.57 Å². The van der Waals surface area contributed by atoms with Crippen molar-refractivity contribution in [2.45, 2.75) is 18.4 Å². The minimum atomic E-state index is -0.400. The number of rotatable bonds is 3. The first-order valence-electron chi connectivity index (χ1n) is 10.0. The molecule has 0 atom stereocenters. The summed E-state index contributed by atoms with van der Waals surface area (Å²) in [6, 6.07) is 16.1. The Hall–Kier alpha value is -3.03. The number of hydrogen-bond acceptors (Lipinski definition) is 6. The van der Waals surface area contributed by atoms with E-state index in [1.54, 1.807) is 6.20 Å². The molecule has 2 aliphatic heterocycles. The number of nitrogens with zero attached hydrogens (tertiary/aromatic N) is 3. The molecule has 3 heterocycles. The molecule has 0 unspecified atom stereocenters. The van der Waals surface area contributed by atoms with Gasteiger partial charge in [0.1, 0.15) is 11.4 Å². The summed E-state index contributed by atoms with van der Waals surface area (Å²) in [7, 11) is 0. The Balaban J connectivity index is 1.45. The van der Waals surface area contributed by atoms with Crippen molar-refractivity contribution >= 4 is 39.5 Å². The lowest BCUT2D eigenvalue weighted by atomic mass is 9.83. The van der Waals surface area contributed by atoms with Crippen LogP contribution in [-0.2, 0) is 0 Å². The predicted octanol–water partition coefficient (Wildman–Crippen LogP) is 6.02. The quantitative estimate of drug-likeness (QED) is 0.291. The number of amidine groups is 1. The zero-order chi connectivity index (χ0) is 21.4. The van der Waals surface area contributed by atoms with E-state index >= 15 is 0 Å². The zero-order valence-electron chi connectivity index (χ0n) is 16.6. The van der Waals surface area contributed by atoms with Crippen LogP contribution >= 0.6 is 22.9 Å². The van der Waals surface area contributed by atoms with Gasteiger partial charge in [0.2, 0.25) is 0 Å². The summed E-state index contributed by atoms with van der Waals surface area (Å²) in [5.74, 6) is 0.826. The first kappa shape index (κ1) is 19.9. The molecule has 156 valence electrons. The molecule has 31 heavy (non-hydrogen) atoms. The molecule has 2 aliphatic rings. The number of nitrogens with one attached hydrogen (secondary N) is 2. The molecule has 0 amide bonds. The molecule has 8 heteroatoms. The monoisotopic (exact) mass is 449 g/mol. The van der Waals surface area contributed by atoms with Gasteiger partial charge in [-0.05, 0) is 23.8 Å². The Morgan fingerprint density at radius 2 is 1.81 bits per heavy atom. The molecule has 3 aromatic rings. The van der Waals surface area contributed by atoms with E-state index in [0.717, 1.165) is 58.5 Å². The van der Waals surface area contributed by atoms with E-state index in [1.165, 1.54) is 11.3 Å². The number of aromatic nitrogens is 1. The van der Waals surface area contributed by atoms with E-state index in [9.17, 15) is 0 Å². The fourth-order valence-electron chi connectivity index (χ4n) is 4.17. The number of anilines is 1. The molecule has 2 N–H and O–H groups in total. The Bertz CT molecular complexity index is 1200. The number of thiazole rings is 1. The molecule has 0 radical (unpaired) electrons. The van der Waals surface area contributed by atoms with E-state index in [4.69, 9.17) is 27.3 Å². The van der Waals surface area contributed by atoms with Gasteiger partial charge in [-0.15, -0.1) is 5.11 Å². The van der Waals surface area contributed by atoms with Gasteiger partial charge in [-0.25, -0.2) is 10.5 Å². The van der Waals surface area contributed by atoms with Crippen molar-refractivity contribution < 1.29 is 4.74 Å². The maximum atomic E-state index is 7.71. The second-order valence-corrected chi connectivity index (χ2v) is 9.07. The Morgan fingerprint density at radius 3 is 2.55 bits per heavy atom. The van der Waals surface area contributed by atoms with E-state index < -0.39 is 5.60 Å². The number of piperidine rings is 1. The van der Waals surface area contributed by atoms with Crippen molar-refractivity contribution in [3.8, 4) is 5.75 Å². The van der Waals surface area contributed by atoms with Gasteiger partial charge >= 0.3 is 0 Å².